The average molecular weight is 388 g/mol. The van der Waals surface area contributed by atoms with Gasteiger partial charge in [-0.3, -0.25) is 9.59 Å². The summed E-state index contributed by atoms with van der Waals surface area (Å²) < 4.78 is 26.5. The number of ether oxygens (including phenoxy) is 4. The van der Waals surface area contributed by atoms with Crippen molar-refractivity contribution in [3.05, 3.63) is 57.1 Å². The van der Waals surface area contributed by atoms with E-state index < -0.39 is 24.1 Å². The summed E-state index contributed by atoms with van der Waals surface area (Å²) >= 11 is 0. The topological polar surface area (TPSA) is 101 Å². The molecule has 2 unspecified atom stereocenters. The highest BCUT2D eigenvalue weighted by atomic mass is 16.6. The maximum Gasteiger partial charge on any atom is 0.339 e. The van der Waals surface area contributed by atoms with Crippen LogP contribution in [0.1, 0.15) is 47.2 Å². The lowest BCUT2D eigenvalue weighted by Gasteiger charge is -2.15. The third-order valence-corrected chi connectivity index (χ3v) is 4.33. The largest absolute Gasteiger partial charge is 0.497 e. The van der Waals surface area contributed by atoms with Gasteiger partial charge >= 0.3 is 11.9 Å². The van der Waals surface area contributed by atoms with Gasteiger partial charge in [0.25, 0.3) is 0 Å². The van der Waals surface area contributed by atoms with Gasteiger partial charge in [0.2, 0.25) is 0 Å². The minimum absolute atomic E-state index is 0.166. The quantitative estimate of drug-likeness (QED) is 0.696. The number of fused-ring (bicyclic) bond motifs is 1. The van der Waals surface area contributed by atoms with E-state index in [4.69, 9.17) is 23.4 Å². The molecule has 1 aromatic heterocycles. The van der Waals surface area contributed by atoms with Crippen LogP contribution < -0.4 is 14.9 Å². The van der Waals surface area contributed by atoms with E-state index in [1.165, 1.54) is 39.5 Å². The second kappa shape index (κ2) is 7.75. The molecular formula is C20H20O8. The highest BCUT2D eigenvalue weighted by Gasteiger charge is 2.38. The summed E-state index contributed by atoms with van der Waals surface area (Å²) in [6, 6.07) is 4.46. The van der Waals surface area contributed by atoms with Crippen LogP contribution in [0.25, 0.3) is 0 Å². The second-order valence-corrected chi connectivity index (χ2v) is 6.37. The third kappa shape index (κ3) is 3.71. The monoisotopic (exact) mass is 388 g/mol. The summed E-state index contributed by atoms with van der Waals surface area (Å²) in [5.41, 5.74) is 0.522. The van der Waals surface area contributed by atoms with E-state index in [2.05, 4.69) is 0 Å². The van der Waals surface area contributed by atoms with Gasteiger partial charge in [0, 0.05) is 25.5 Å². The molecule has 0 bridgehead atoms. The highest BCUT2D eigenvalue weighted by Crippen LogP contribution is 2.42. The van der Waals surface area contributed by atoms with E-state index in [0.29, 0.717) is 22.8 Å². The van der Waals surface area contributed by atoms with Crippen LogP contribution in [0.3, 0.4) is 0 Å². The Morgan fingerprint density at radius 2 is 1.93 bits per heavy atom. The molecule has 1 aliphatic rings. The standard InChI is InChI=1S/C20H20O8/c1-10(27-11(2)21)5-13-7-16(22)15(9-26-13)19-18-14(20(23)28-19)6-12(24-3)8-17(18)25-4/h6-10,19H,5H2,1-4H3. The van der Waals surface area contributed by atoms with Crippen LogP contribution in [-0.2, 0) is 20.7 Å². The van der Waals surface area contributed by atoms with E-state index in [-0.39, 0.29) is 23.0 Å². The van der Waals surface area contributed by atoms with E-state index in [9.17, 15) is 14.4 Å². The lowest BCUT2D eigenvalue weighted by Crippen LogP contribution is -2.18. The Morgan fingerprint density at radius 3 is 2.54 bits per heavy atom. The molecule has 0 N–H and O–H groups in total. The number of hydrogen-bond acceptors (Lipinski definition) is 8. The van der Waals surface area contributed by atoms with E-state index >= 15 is 0 Å². The predicted octanol–water partition coefficient (Wildman–Crippen LogP) is 2.41. The summed E-state index contributed by atoms with van der Waals surface area (Å²) in [7, 11) is 2.93. The van der Waals surface area contributed by atoms with Crippen molar-refractivity contribution in [3.63, 3.8) is 0 Å². The first-order valence-corrected chi connectivity index (χ1v) is 8.59. The Balaban J connectivity index is 1.95. The van der Waals surface area contributed by atoms with Gasteiger partial charge in [0.15, 0.2) is 11.5 Å². The van der Waals surface area contributed by atoms with Gasteiger partial charge in [-0.1, -0.05) is 0 Å². The summed E-state index contributed by atoms with van der Waals surface area (Å²) in [6.07, 6.45) is 0.120. The number of methoxy groups -OCH3 is 2. The lowest BCUT2D eigenvalue weighted by atomic mass is 9.98. The number of cyclic esters (lactones) is 1. The molecule has 1 aliphatic heterocycles. The number of rotatable bonds is 6. The molecule has 8 heteroatoms. The van der Waals surface area contributed by atoms with Crippen molar-refractivity contribution in [1.29, 1.82) is 0 Å². The SMILES string of the molecule is COc1cc(OC)c2c(c1)C(=O)OC2c1coc(CC(C)OC(C)=O)cc1=O. The molecule has 2 heterocycles. The van der Waals surface area contributed by atoms with Gasteiger partial charge < -0.3 is 23.4 Å². The molecule has 0 spiro atoms. The Labute approximate surface area is 161 Å². The van der Waals surface area contributed by atoms with Crippen molar-refractivity contribution in [2.75, 3.05) is 14.2 Å². The van der Waals surface area contributed by atoms with E-state index in [1.54, 1.807) is 13.0 Å². The maximum atomic E-state index is 12.6. The first-order valence-electron chi connectivity index (χ1n) is 8.59. The van der Waals surface area contributed by atoms with Crippen molar-refractivity contribution in [1.82, 2.24) is 0 Å². The molecule has 1 aromatic carbocycles. The summed E-state index contributed by atoms with van der Waals surface area (Å²) in [5, 5.41) is 0. The zero-order valence-corrected chi connectivity index (χ0v) is 15.9. The van der Waals surface area contributed by atoms with Crippen LogP contribution in [0.15, 0.2) is 33.7 Å². The number of esters is 2. The first kappa shape index (κ1) is 19.5. The fourth-order valence-corrected chi connectivity index (χ4v) is 3.14. The van der Waals surface area contributed by atoms with Crippen molar-refractivity contribution in [2.45, 2.75) is 32.5 Å². The molecule has 8 nitrogen and oxygen atoms in total. The van der Waals surface area contributed by atoms with Gasteiger partial charge in [-0.05, 0) is 13.0 Å². The fraction of sp³-hybridized carbons (Fsp3) is 0.350. The minimum atomic E-state index is -0.945. The van der Waals surface area contributed by atoms with Crippen molar-refractivity contribution < 1.29 is 33.0 Å². The molecule has 0 amide bonds. The zero-order chi connectivity index (χ0) is 20.4. The Hall–Kier alpha value is -3.29. The molecule has 28 heavy (non-hydrogen) atoms. The minimum Gasteiger partial charge on any atom is -0.497 e. The van der Waals surface area contributed by atoms with Crippen LogP contribution in [0.5, 0.6) is 11.5 Å². The van der Waals surface area contributed by atoms with Crippen molar-refractivity contribution in [3.8, 4) is 11.5 Å². The normalized spacial score (nSPS) is 16.1. The molecule has 3 rings (SSSR count). The molecule has 0 saturated heterocycles. The number of hydrogen-bond donors (Lipinski definition) is 0. The Kier molecular flexibility index (Phi) is 5.39. The van der Waals surface area contributed by atoms with Crippen molar-refractivity contribution >= 4 is 11.9 Å². The zero-order valence-electron chi connectivity index (χ0n) is 15.9. The average Bonchev–Trinajstić information content (AvgIpc) is 2.97. The van der Waals surface area contributed by atoms with Gasteiger partial charge in [-0.2, -0.15) is 0 Å². The van der Waals surface area contributed by atoms with Crippen LogP contribution in [-0.4, -0.2) is 32.3 Å². The van der Waals surface area contributed by atoms with E-state index in [1.807, 2.05) is 0 Å². The van der Waals surface area contributed by atoms with Gasteiger partial charge in [0.05, 0.1) is 30.9 Å². The summed E-state index contributed by atoms with van der Waals surface area (Å²) in [4.78, 5) is 36.0. The number of carbonyl (C=O) groups is 2. The molecular weight excluding hydrogens is 368 g/mol. The van der Waals surface area contributed by atoms with Gasteiger partial charge in [0.1, 0.15) is 29.6 Å². The smallest absolute Gasteiger partial charge is 0.339 e. The van der Waals surface area contributed by atoms with E-state index in [0.717, 1.165) is 0 Å². The number of carbonyl (C=O) groups excluding carboxylic acids is 2. The maximum absolute atomic E-state index is 12.6. The molecule has 2 aromatic rings. The second-order valence-electron chi connectivity index (χ2n) is 6.37. The summed E-state index contributed by atoms with van der Waals surface area (Å²) in [6.45, 7) is 3.01. The first-order chi connectivity index (χ1) is 13.3. The predicted molar refractivity (Wildman–Crippen MR) is 96.7 cm³/mol. The molecule has 0 radical (unpaired) electrons. The molecule has 0 saturated carbocycles. The Morgan fingerprint density at radius 1 is 1.18 bits per heavy atom. The molecule has 0 fully saturated rings. The lowest BCUT2D eigenvalue weighted by molar-refractivity contribution is -0.145. The van der Waals surface area contributed by atoms with Crippen LogP contribution in [0.4, 0.5) is 0 Å². The molecule has 0 aliphatic carbocycles. The Bertz CT molecular complexity index is 975. The number of benzene rings is 1. The van der Waals surface area contributed by atoms with Crippen LogP contribution >= 0.6 is 0 Å². The molecule has 2 atom stereocenters. The van der Waals surface area contributed by atoms with Gasteiger partial charge in [-0.15, -0.1) is 0 Å². The van der Waals surface area contributed by atoms with Crippen LogP contribution in [0.2, 0.25) is 0 Å². The summed E-state index contributed by atoms with van der Waals surface area (Å²) in [5.74, 6) is 0.175. The van der Waals surface area contributed by atoms with Gasteiger partial charge in [-0.25, -0.2) is 4.79 Å². The molecule has 148 valence electrons. The third-order valence-electron chi connectivity index (χ3n) is 4.33. The van der Waals surface area contributed by atoms with Crippen LogP contribution in [0, 0.1) is 0 Å². The fourth-order valence-electron chi connectivity index (χ4n) is 3.14. The highest BCUT2D eigenvalue weighted by molar-refractivity contribution is 5.96. The van der Waals surface area contributed by atoms with Crippen molar-refractivity contribution in [2.24, 2.45) is 0 Å².